The van der Waals surface area contributed by atoms with E-state index in [0.29, 0.717) is 12.6 Å². The van der Waals surface area contributed by atoms with Crippen molar-refractivity contribution in [3.63, 3.8) is 0 Å². The van der Waals surface area contributed by atoms with Gasteiger partial charge in [-0.15, -0.1) is 11.3 Å². The summed E-state index contributed by atoms with van der Waals surface area (Å²) in [5.41, 5.74) is 0.852. The van der Waals surface area contributed by atoms with Gasteiger partial charge in [0, 0.05) is 31.1 Å². The molecule has 3 rings (SSSR count). The maximum Gasteiger partial charge on any atom is 0.262 e. The van der Waals surface area contributed by atoms with Crippen LogP contribution in [0.15, 0.2) is 41.9 Å². The third-order valence-electron chi connectivity index (χ3n) is 4.07. The first-order valence-electron chi connectivity index (χ1n) is 7.46. The number of thiophene rings is 1. The molecule has 0 aromatic carbocycles. The zero-order valence-electron chi connectivity index (χ0n) is 12.3. The molecule has 0 radical (unpaired) electrons. The van der Waals surface area contributed by atoms with Crippen LogP contribution in [0.1, 0.15) is 34.1 Å². The normalized spacial score (nSPS) is 16.5. The summed E-state index contributed by atoms with van der Waals surface area (Å²) in [5.74, 6) is 0.292. The number of hydrogen-bond acceptors (Lipinski definition) is 4. The van der Waals surface area contributed by atoms with Gasteiger partial charge in [-0.1, -0.05) is 12.1 Å². The first kappa shape index (κ1) is 15.0. The summed E-state index contributed by atoms with van der Waals surface area (Å²) in [6, 6.07) is 9.28. The number of carbonyl (C=O) groups is 1. The topological polar surface area (TPSA) is 59.3 Å². The number of pyridine rings is 1. The van der Waals surface area contributed by atoms with Gasteiger partial charge in [0.1, 0.15) is 0 Å². The van der Waals surface area contributed by atoms with E-state index in [1.54, 1.807) is 12.3 Å². The Balaban J connectivity index is 1.48. The van der Waals surface area contributed by atoms with Crippen molar-refractivity contribution < 1.29 is 9.52 Å². The summed E-state index contributed by atoms with van der Waals surface area (Å²) >= 11 is 1.45. The van der Waals surface area contributed by atoms with Crippen LogP contribution in [0.4, 0.5) is 0 Å². The van der Waals surface area contributed by atoms with Gasteiger partial charge in [-0.05, 0) is 24.3 Å². The second-order valence-corrected chi connectivity index (χ2v) is 6.43. The van der Waals surface area contributed by atoms with Crippen LogP contribution >= 0.6 is 11.3 Å². The first-order valence-corrected chi connectivity index (χ1v) is 8.34. The lowest BCUT2D eigenvalue weighted by Gasteiger charge is -2.30. The summed E-state index contributed by atoms with van der Waals surface area (Å²) in [6.45, 7) is 2.35. The van der Waals surface area contributed by atoms with Crippen molar-refractivity contribution in [1.82, 2.24) is 10.2 Å². The Labute approximate surface area is 133 Å². The Bertz CT molecular complexity index is 622. The van der Waals surface area contributed by atoms with Crippen molar-refractivity contribution in [1.29, 1.82) is 0 Å². The lowest BCUT2D eigenvalue weighted by molar-refractivity contribution is -0.616. The van der Waals surface area contributed by atoms with E-state index < -0.39 is 0 Å². The van der Waals surface area contributed by atoms with Crippen molar-refractivity contribution in [3.8, 4) is 0 Å². The van der Waals surface area contributed by atoms with Crippen molar-refractivity contribution in [3.05, 3.63) is 57.7 Å². The van der Waals surface area contributed by atoms with Gasteiger partial charge in [0.05, 0.1) is 11.5 Å². The van der Waals surface area contributed by atoms with Gasteiger partial charge in [0.15, 0.2) is 11.9 Å². The van der Waals surface area contributed by atoms with E-state index in [9.17, 15) is 10.0 Å². The minimum Gasteiger partial charge on any atom is -0.618 e. The number of aromatic nitrogens is 1. The molecule has 1 fully saturated rings. The lowest BCUT2D eigenvalue weighted by Crippen LogP contribution is -2.43. The van der Waals surface area contributed by atoms with Gasteiger partial charge in [0.2, 0.25) is 0 Å². The highest BCUT2D eigenvalue weighted by Crippen LogP contribution is 2.25. The fourth-order valence-electron chi connectivity index (χ4n) is 2.82. The third-order valence-corrected chi connectivity index (χ3v) is 4.94. The summed E-state index contributed by atoms with van der Waals surface area (Å²) in [7, 11) is 0. The summed E-state index contributed by atoms with van der Waals surface area (Å²) in [6.07, 6.45) is 3.45. The molecule has 2 aromatic heterocycles. The fourth-order valence-corrected chi connectivity index (χ4v) is 3.46. The van der Waals surface area contributed by atoms with E-state index in [0.717, 1.165) is 41.2 Å². The van der Waals surface area contributed by atoms with Crippen LogP contribution in [0.2, 0.25) is 0 Å². The quantitative estimate of drug-likeness (QED) is 0.692. The average molecular weight is 317 g/mol. The molecule has 1 aliphatic rings. The molecule has 3 heterocycles. The number of piperidine rings is 1. The summed E-state index contributed by atoms with van der Waals surface area (Å²) < 4.78 is 0.971. The molecule has 0 bridgehead atoms. The number of amides is 1. The predicted molar refractivity (Wildman–Crippen MR) is 85.6 cm³/mol. The number of likely N-dealkylation sites (tertiary alicyclic amines) is 1. The standard InChI is InChI=1S/C16H19N3O2S/c20-16(15-5-3-11-22-15)17-12-18-9-6-13(7-10-18)14-4-1-2-8-19(14)21/h1-5,8,11,13H,6-7,9-10,12H2,(H,17,20). The zero-order chi connectivity index (χ0) is 15.4. The van der Waals surface area contributed by atoms with E-state index >= 15 is 0 Å². The van der Waals surface area contributed by atoms with Gasteiger partial charge in [-0.3, -0.25) is 9.69 Å². The van der Waals surface area contributed by atoms with E-state index in [-0.39, 0.29) is 5.91 Å². The Morgan fingerprint density at radius 1 is 1.32 bits per heavy atom. The van der Waals surface area contributed by atoms with Crippen molar-refractivity contribution in [2.75, 3.05) is 19.8 Å². The number of rotatable bonds is 4. The van der Waals surface area contributed by atoms with Crippen LogP contribution < -0.4 is 10.0 Å². The van der Waals surface area contributed by atoms with Crippen LogP contribution in [0.25, 0.3) is 0 Å². The van der Waals surface area contributed by atoms with E-state index in [1.165, 1.54) is 11.3 Å². The minimum absolute atomic E-state index is 0.0161. The van der Waals surface area contributed by atoms with Crippen LogP contribution in [-0.4, -0.2) is 30.6 Å². The maximum atomic E-state index is 11.9. The number of carbonyl (C=O) groups excluding carboxylic acids is 1. The van der Waals surface area contributed by atoms with E-state index in [1.807, 2.05) is 29.6 Å². The molecule has 22 heavy (non-hydrogen) atoms. The van der Waals surface area contributed by atoms with Crippen LogP contribution in [0.3, 0.4) is 0 Å². The van der Waals surface area contributed by atoms with Gasteiger partial charge in [-0.25, -0.2) is 0 Å². The largest absolute Gasteiger partial charge is 0.618 e. The van der Waals surface area contributed by atoms with Crippen LogP contribution in [-0.2, 0) is 0 Å². The Hall–Kier alpha value is -1.92. The van der Waals surface area contributed by atoms with Gasteiger partial charge < -0.3 is 10.5 Å². The zero-order valence-corrected chi connectivity index (χ0v) is 13.1. The van der Waals surface area contributed by atoms with Gasteiger partial charge in [-0.2, -0.15) is 4.73 Å². The van der Waals surface area contributed by atoms with E-state index in [2.05, 4.69) is 10.2 Å². The number of nitrogens with one attached hydrogen (secondary N) is 1. The van der Waals surface area contributed by atoms with Crippen molar-refractivity contribution in [2.24, 2.45) is 0 Å². The second kappa shape index (κ2) is 6.89. The Kier molecular flexibility index (Phi) is 4.70. The molecule has 0 unspecified atom stereocenters. The lowest BCUT2D eigenvalue weighted by atomic mass is 9.93. The molecular weight excluding hydrogens is 298 g/mol. The molecule has 5 nitrogen and oxygen atoms in total. The first-order chi connectivity index (χ1) is 10.7. The summed E-state index contributed by atoms with van der Waals surface area (Å²) in [5, 5.41) is 16.6. The summed E-state index contributed by atoms with van der Waals surface area (Å²) in [4.78, 5) is 14.9. The predicted octanol–water partition coefficient (Wildman–Crippen LogP) is 1.95. The Morgan fingerprint density at radius 3 is 2.82 bits per heavy atom. The highest BCUT2D eigenvalue weighted by Gasteiger charge is 2.25. The second-order valence-electron chi connectivity index (χ2n) is 5.48. The van der Waals surface area contributed by atoms with Crippen molar-refractivity contribution >= 4 is 17.2 Å². The van der Waals surface area contributed by atoms with Crippen LogP contribution in [0, 0.1) is 5.21 Å². The molecule has 0 aliphatic carbocycles. The maximum absolute atomic E-state index is 11.9. The molecule has 6 heteroatoms. The molecule has 1 saturated heterocycles. The van der Waals surface area contributed by atoms with Crippen LogP contribution in [0.5, 0.6) is 0 Å². The third kappa shape index (κ3) is 3.45. The Morgan fingerprint density at radius 2 is 2.14 bits per heavy atom. The molecule has 1 aliphatic heterocycles. The molecular formula is C16H19N3O2S. The molecule has 2 aromatic rings. The van der Waals surface area contributed by atoms with Crippen molar-refractivity contribution in [2.45, 2.75) is 18.8 Å². The molecule has 116 valence electrons. The van der Waals surface area contributed by atoms with E-state index in [4.69, 9.17) is 0 Å². The average Bonchev–Trinajstić information content (AvgIpc) is 3.08. The molecule has 1 N–H and O–H groups in total. The monoisotopic (exact) mass is 317 g/mol. The highest BCUT2D eigenvalue weighted by atomic mass is 32.1. The fraction of sp³-hybridized carbons (Fsp3) is 0.375. The van der Waals surface area contributed by atoms with Gasteiger partial charge in [0.25, 0.3) is 5.91 Å². The molecule has 0 spiro atoms. The number of nitrogens with zero attached hydrogens (tertiary/aromatic N) is 2. The SMILES string of the molecule is O=C(NCN1CCC(c2cccc[n+]2[O-])CC1)c1cccs1. The smallest absolute Gasteiger partial charge is 0.262 e. The molecule has 0 saturated carbocycles. The molecule has 0 atom stereocenters. The number of hydrogen-bond donors (Lipinski definition) is 1. The molecule has 1 amide bonds. The highest BCUT2D eigenvalue weighted by molar-refractivity contribution is 7.12. The van der Waals surface area contributed by atoms with Gasteiger partial charge >= 0.3 is 0 Å². The minimum atomic E-state index is -0.0161.